The molecule has 0 nitrogen and oxygen atoms in total. The molecule has 1 heterocycles. The third-order valence-electron chi connectivity index (χ3n) is 12.0. The zero-order chi connectivity index (χ0) is 42.7. The standard InChI is InChI=1S/C28H28P2.C16H13S.C15H9.2Au/c1-5-15-25(16-6-1)29(26-17-7-2-8-18-26)23-13-14-24-30(27-19-9-3-10-20-27)28-21-11-4-12-22-28;1-4-12-8-7-10-14-13-9-5-6-11-15(13)17(2,3)16(12)14;1-2-11-7-5-9-14-13-8-4-3-6-12(13)10-15(11)14;;/h1-12,15-22H,13-14,23-24H2;5-11H,2-3H3;3-9H,10H2;;/q;2*-1;2*+1/p+2. The van der Waals surface area contributed by atoms with Gasteiger partial charge in [0.15, 0.2) is 0 Å². The van der Waals surface area contributed by atoms with E-state index in [4.69, 9.17) is 12.8 Å². The van der Waals surface area contributed by atoms with Gasteiger partial charge in [0.05, 0.1) is 49.4 Å². The van der Waals surface area contributed by atoms with Crippen LogP contribution in [0.15, 0.2) is 216 Å². The van der Waals surface area contributed by atoms with Crippen molar-refractivity contribution in [2.24, 2.45) is 0 Å². The molecule has 5 heteroatoms. The Morgan fingerprint density at radius 2 is 0.812 bits per heavy atom. The van der Waals surface area contributed by atoms with Gasteiger partial charge in [-0.2, -0.15) is 0 Å². The molecule has 0 atom stereocenters. The predicted molar refractivity (Wildman–Crippen MR) is 275 cm³/mol. The van der Waals surface area contributed by atoms with Crippen molar-refractivity contribution in [3.8, 4) is 34.1 Å². The van der Waals surface area contributed by atoms with Crippen molar-refractivity contribution in [3.63, 3.8) is 0 Å². The molecule has 1 aliphatic heterocycles. The number of unbranched alkanes of at least 4 members (excludes halogenated alkanes) is 1. The minimum absolute atomic E-state index is 0. The Morgan fingerprint density at radius 3 is 1.30 bits per heavy atom. The number of hydrogen-bond acceptors (Lipinski definition) is 0. The van der Waals surface area contributed by atoms with Crippen molar-refractivity contribution in [1.29, 1.82) is 0 Å². The molecule has 0 N–H and O–H groups in total. The first-order chi connectivity index (χ1) is 30.5. The summed E-state index contributed by atoms with van der Waals surface area (Å²) in [6.07, 6.45) is 25.5. The summed E-state index contributed by atoms with van der Waals surface area (Å²) in [5.74, 6) is 5.10. The molecule has 324 valence electrons. The van der Waals surface area contributed by atoms with Gasteiger partial charge in [0, 0.05) is 4.90 Å². The van der Waals surface area contributed by atoms with Gasteiger partial charge in [-0.25, -0.2) is 10.0 Å². The normalized spacial score (nSPS) is 12.4. The average molecular weight is 1250 g/mol. The van der Waals surface area contributed by atoms with Crippen LogP contribution in [0.2, 0.25) is 0 Å². The molecule has 0 bridgehead atoms. The smallest absolute Gasteiger partial charge is 0.366 e. The predicted octanol–water partition coefficient (Wildman–Crippen LogP) is 12.8. The molecule has 0 spiro atoms. The summed E-state index contributed by atoms with van der Waals surface area (Å²) >= 11 is 0. The molecule has 10 rings (SSSR count). The summed E-state index contributed by atoms with van der Waals surface area (Å²) < 4.78 is 0. The van der Waals surface area contributed by atoms with Crippen molar-refractivity contribution >= 4 is 47.1 Å². The molecule has 0 saturated heterocycles. The molecule has 0 unspecified atom stereocenters. The third-order valence-corrected chi connectivity index (χ3v) is 20.7. The van der Waals surface area contributed by atoms with E-state index in [0.29, 0.717) is 0 Å². The Hall–Kier alpha value is -4.43. The topological polar surface area (TPSA) is 0 Å². The maximum atomic E-state index is 7.46. The number of hydrogen-bond donors (Lipinski definition) is 0. The van der Waals surface area contributed by atoms with E-state index in [1.807, 2.05) is 24.3 Å². The minimum Gasteiger partial charge on any atom is -0.366 e. The Labute approximate surface area is 417 Å². The Bertz CT molecular complexity index is 2670. The molecule has 2 aliphatic rings. The van der Waals surface area contributed by atoms with Crippen LogP contribution in [0, 0.1) is 24.7 Å². The van der Waals surface area contributed by atoms with Gasteiger partial charge in [-0.3, -0.25) is 11.8 Å². The molecule has 0 aromatic heterocycles. The fraction of sp³-hybridized carbons (Fsp3) is 0.119. The third kappa shape index (κ3) is 11.1. The monoisotopic (exact) mass is 1250 g/mol. The largest absolute Gasteiger partial charge is 1.00 e. The van der Waals surface area contributed by atoms with Crippen LogP contribution in [0.25, 0.3) is 22.3 Å². The van der Waals surface area contributed by atoms with Crippen molar-refractivity contribution in [1.82, 2.24) is 0 Å². The second-order valence-corrected chi connectivity index (χ2v) is 24.8. The first kappa shape index (κ1) is 49.0. The maximum absolute atomic E-state index is 7.46. The van der Waals surface area contributed by atoms with Crippen LogP contribution in [0.5, 0.6) is 0 Å². The van der Waals surface area contributed by atoms with Gasteiger partial charge < -0.3 is 12.8 Å². The number of fused-ring (bicyclic) bond motifs is 6. The summed E-state index contributed by atoms with van der Waals surface area (Å²) in [5, 5.41) is 6.13. The average Bonchev–Trinajstić information content (AvgIpc) is 3.84. The van der Waals surface area contributed by atoms with Crippen molar-refractivity contribution < 1.29 is 44.8 Å². The van der Waals surface area contributed by atoms with E-state index < -0.39 is 25.9 Å². The number of benzene rings is 8. The maximum Gasteiger partial charge on any atom is 1.00 e. The molecular formula is C59H52Au2P2S+2. The van der Waals surface area contributed by atoms with E-state index in [1.165, 1.54) is 89.6 Å². The van der Waals surface area contributed by atoms with Crippen molar-refractivity contribution in [2.45, 2.75) is 29.1 Å². The first-order valence-electron chi connectivity index (χ1n) is 21.4. The van der Waals surface area contributed by atoms with E-state index in [1.54, 1.807) is 0 Å². The molecule has 0 fully saturated rings. The summed E-state index contributed by atoms with van der Waals surface area (Å²) in [4.78, 5) is 2.74. The van der Waals surface area contributed by atoms with Crippen molar-refractivity contribution in [2.75, 3.05) is 24.8 Å². The van der Waals surface area contributed by atoms with Gasteiger partial charge in [-0.1, -0.05) is 144 Å². The first-order valence-corrected chi connectivity index (χ1v) is 27.3. The zero-order valence-electron chi connectivity index (χ0n) is 36.2. The van der Waals surface area contributed by atoms with E-state index in [-0.39, 0.29) is 44.8 Å². The second-order valence-electron chi connectivity index (χ2n) is 16.0. The SMILES string of the molecule is [Au+].[Au+].[C-]#Cc1cccc2c1Cc1ccccc1-2.[C-]#Cc1cccc2c1S(C)(C)c1ccccc1-2.c1ccc([PH+](CCCC[PH+](c2ccccc2)c2ccccc2)c2ccccc2)cc1. The van der Waals surface area contributed by atoms with Crippen LogP contribution in [0.3, 0.4) is 0 Å². The molecule has 64 heavy (non-hydrogen) atoms. The van der Waals surface area contributed by atoms with Crippen LogP contribution in [0.4, 0.5) is 0 Å². The van der Waals surface area contributed by atoms with E-state index in [0.717, 1.165) is 17.5 Å². The molecule has 1 aliphatic carbocycles. The number of rotatable bonds is 9. The van der Waals surface area contributed by atoms with Gasteiger partial charge in [0.2, 0.25) is 0 Å². The van der Waals surface area contributed by atoms with Gasteiger partial charge in [0.1, 0.15) is 0 Å². The van der Waals surface area contributed by atoms with Crippen molar-refractivity contribution in [3.05, 3.63) is 241 Å². The fourth-order valence-corrected chi connectivity index (χ4v) is 17.2. The summed E-state index contributed by atoms with van der Waals surface area (Å²) in [7, 11) is -2.42. The van der Waals surface area contributed by atoms with E-state index in [2.05, 4.69) is 206 Å². The van der Waals surface area contributed by atoms with Crippen LogP contribution < -0.4 is 21.2 Å². The molecule has 0 radical (unpaired) electrons. The Kier molecular flexibility index (Phi) is 18.1. The van der Waals surface area contributed by atoms with E-state index in [9.17, 15) is 0 Å². The Morgan fingerprint density at radius 1 is 0.422 bits per heavy atom. The van der Waals surface area contributed by atoms with Gasteiger partial charge in [0.25, 0.3) is 0 Å². The van der Waals surface area contributed by atoms with Gasteiger partial charge in [-0.15, -0.1) is 28.8 Å². The summed E-state index contributed by atoms with van der Waals surface area (Å²) in [5.41, 5.74) is 9.66. The van der Waals surface area contributed by atoms with Gasteiger partial charge >= 0.3 is 44.8 Å². The van der Waals surface area contributed by atoms with Crippen LogP contribution in [0.1, 0.15) is 35.1 Å². The van der Waals surface area contributed by atoms with Crippen LogP contribution >= 0.6 is 25.9 Å². The Balaban J connectivity index is 0.000000170. The molecule has 8 aromatic carbocycles. The second kappa shape index (κ2) is 23.7. The molecular weight excluding hydrogens is 1200 g/mol. The van der Waals surface area contributed by atoms with Crippen LogP contribution in [-0.2, 0) is 51.2 Å². The molecule has 8 aromatic rings. The fourth-order valence-electron chi connectivity index (χ4n) is 8.99. The summed E-state index contributed by atoms with van der Waals surface area (Å²) in [6, 6.07) is 73.9. The van der Waals surface area contributed by atoms with E-state index >= 15 is 0 Å². The summed E-state index contributed by atoms with van der Waals surface area (Å²) in [6.45, 7) is 0. The minimum atomic E-state index is -0.990. The molecule has 0 amide bonds. The van der Waals surface area contributed by atoms with Gasteiger partial charge in [-0.05, 0) is 114 Å². The zero-order valence-corrected chi connectivity index (χ0v) is 43.3. The molecule has 0 saturated carbocycles. The quantitative estimate of drug-likeness (QED) is 0.0444. The van der Waals surface area contributed by atoms with Crippen LogP contribution in [-0.4, -0.2) is 24.8 Å².